The first kappa shape index (κ1) is 44.0. The third kappa shape index (κ3) is 9.65. The van der Waals surface area contributed by atoms with E-state index in [-0.39, 0.29) is 56.0 Å². The van der Waals surface area contributed by atoms with Crippen molar-refractivity contribution in [3.05, 3.63) is 116 Å². The molecule has 1 saturated heterocycles. The minimum absolute atomic E-state index is 0.115. The molecule has 0 radical (unpaired) electrons. The third-order valence-corrected chi connectivity index (χ3v) is 13.0. The molecule has 0 bridgehead atoms. The summed E-state index contributed by atoms with van der Waals surface area (Å²) in [6.45, 7) is 7.19. The Morgan fingerprint density at radius 1 is 0.906 bits per heavy atom. The number of nitrogens with zero attached hydrogens (tertiary/aromatic N) is 7. The number of carbonyl (C=O) groups excluding carboxylic acids is 5. The quantitative estimate of drug-likeness (QED) is 0.0523. The molecular weight excluding hydrogens is 856 g/mol. The molecule has 8 rings (SSSR count). The summed E-state index contributed by atoms with van der Waals surface area (Å²) in [5.41, 5.74) is 6.06. The number of thiophene rings is 1. The molecule has 18 heteroatoms. The number of hydrogen-bond donors (Lipinski definition) is 3. The average Bonchev–Trinajstić information content (AvgIpc) is 3.90. The summed E-state index contributed by atoms with van der Waals surface area (Å²) in [5, 5.41) is 27.5. The number of carbonyl (C=O) groups is 5. The lowest BCUT2D eigenvalue weighted by atomic mass is 9.99. The summed E-state index contributed by atoms with van der Waals surface area (Å²) < 4.78 is 7.71. The molecular formula is C46H47ClN10O6S. The lowest BCUT2D eigenvalue weighted by Crippen LogP contribution is -2.52. The molecule has 5 aromatic rings. The third-order valence-electron chi connectivity index (χ3n) is 11.5. The Morgan fingerprint density at radius 2 is 1.64 bits per heavy atom. The molecule has 1 fully saturated rings. The number of azo groups is 1. The van der Waals surface area contributed by atoms with Crippen LogP contribution in [0.2, 0.25) is 5.02 Å². The zero-order valence-electron chi connectivity index (χ0n) is 35.6. The zero-order chi connectivity index (χ0) is 44.9. The van der Waals surface area contributed by atoms with E-state index >= 15 is 0 Å². The number of halogens is 1. The van der Waals surface area contributed by atoms with Gasteiger partial charge in [0.1, 0.15) is 28.7 Å². The van der Waals surface area contributed by atoms with Gasteiger partial charge in [-0.15, -0.1) is 21.5 Å². The van der Waals surface area contributed by atoms with Crippen molar-refractivity contribution in [3.63, 3.8) is 0 Å². The monoisotopic (exact) mass is 902 g/mol. The fourth-order valence-corrected chi connectivity index (χ4v) is 9.36. The van der Waals surface area contributed by atoms with E-state index in [9.17, 15) is 24.0 Å². The maximum Gasteiger partial charge on any atom is 0.257 e. The van der Waals surface area contributed by atoms with Crippen molar-refractivity contribution in [2.24, 2.45) is 15.2 Å². The van der Waals surface area contributed by atoms with Crippen molar-refractivity contribution in [1.29, 1.82) is 0 Å². The van der Waals surface area contributed by atoms with Gasteiger partial charge >= 0.3 is 0 Å². The normalized spacial score (nSPS) is 16.8. The SMILES string of the molecule is Cc1sc2c(c1C)C(c1ccc(Cl)cc1)=N[C@@H](CC(=O)NCCCCCCNC(=O)COc1ccc(/N=N/c3cccc4c3CN(C3CCC(=O)NC3=O)C4=O)cc1)c1nnc(C)n1-2. The molecule has 0 aliphatic carbocycles. The van der Waals surface area contributed by atoms with Crippen LogP contribution in [0.5, 0.6) is 5.75 Å². The largest absolute Gasteiger partial charge is 0.484 e. The molecule has 3 aliphatic heterocycles. The van der Waals surface area contributed by atoms with Gasteiger partial charge in [-0.3, -0.25) is 38.8 Å². The first-order valence-electron chi connectivity index (χ1n) is 21.3. The van der Waals surface area contributed by atoms with Gasteiger partial charge in [0.15, 0.2) is 12.4 Å². The van der Waals surface area contributed by atoms with Gasteiger partial charge in [0.25, 0.3) is 11.8 Å². The second-order valence-corrected chi connectivity index (χ2v) is 17.5. The maximum absolute atomic E-state index is 13.3. The molecule has 64 heavy (non-hydrogen) atoms. The van der Waals surface area contributed by atoms with Gasteiger partial charge in [0, 0.05) is 58.2 Å². The number of aromatic nitrogens is 3. The predicted molar refractivity (Wildman–Crippen MR) is 241 cm³/mol. The summed E-state index contributed by atoms with van der Waals surface area (Å²) >= 11 is 7.90. The van der Waals surface area contributed by atoms with Gasteiger partial charge in [-0.1, -0.05) is 42.6 Å². The van der Waals surface area contributed by atoms with Crippen LogP contribution in [0.25, 0.3) is 5.00 Å². The van der Waals surface area contributed by atoms with Crippen LogP contribution in [-0.2, 0) is 25.7 Å². The molecule has 330 valence electrons. The van der Waals surface area contributed by atoms with Crippen LogP contribution in [0.3, 0.4) is 0 Å². The Hall–Kier alpha value is -6.59. The minimum Gasteiger partial charge on any atom is -0.484 e. The van der Waals surface area contributed by atoms with Gasteiger partial charge in [0.05, 0.1) is 23.5 Å². The van der Waals surface area contributed by atoms with E-state index in [0.717, 1.165) is 58.9 Å². The Labute approximate surface area is 378 Å². The van der Waals surface area contributed by atoms with Crippen LogP contribution in [0.1, 0.15) is 100 Å². The fraction of sp³-hybridized carbons (Fsp3) is 0.348. The van der Waals surface area contributed by atoms with Crippen molar-refractivity contribution in [2.75, 3.05) is 19.7 Å². The van der Waals surface area contributed by atoms with Crippen molar-refractivity contribution in [3.8, 4) is 10.8 Å². The van der Waals surface area contributed by atoms with Crippen molar-refractivity contribution in [1.82, 2.24) is 35.6 Å². The van der Waals surface area contributed by atoms with Gasteiger partial charge in [-0.05, 0) is 94.1 Å². The summed E-state index contributed by atoms with van der Waals surface area (Å²) in [6, 6.07) is 18.3. The van der Waals surface area contributed by atoms with Gasteiger partial charge < -0.3 is 20.3 Å². The van der Waals surface area contributed by atoms with Crippen LogP contribution in [0, 0.1) is 20.8 Å². The number of imide groups is 1. The number of aliphatic imine (C=N–C) groups is 1. The highest BCUT2D eigenvalue weighted by Crippen LogP contribution is 2.40. The Bertz CT molecular complexity index is 2680. The molecule has 2 aromatic heterocycles. The van der Waals surface area contributed by atoms with Crippen LogP contribution >= 0.6 is 22.9 Å². The number of unbranched alkanes of at least 4 members (excludes halogenated alkanes) is 3. The van der Waals surface area contributed by atoms with Gasteiger partial charge in [-0.25, -0.2) is 0 Å². The second-order valence-electron chi connectivity index (χ2n) is 15.9. The molecule has 3 aromatic carbocycles. The van der Waals surface area contributed by atoms with E-state index in [1.807, 2.05) is 35.8 Å². The number of nitrogens with one attached hydrogen (secondary N) is 3. The summed E-state index contributed by atoms with van der Waals surface area (Å²) in [5.74, 6) is 0.437. The van der Waals surface area contributed by atoms with Crippen LogP contribution in [0.15, 0.2) is 82.0 Å². The highest BCUT2D eigenvalue weighted by Gasteiger charge is 2.40. The molecule has 5 amide bonds. The Balaban J connectivity index is 0.741. The molecule has 16 nitrogen and oxygen atoms in total. The fourth-order valence-electron chi connectivity index (χ4n) is 8.02. The van der Waals surface area contributed by atoms with Crippen LogP contribution < -0.4 is 20.7 Å². The number of piperidine rings is 1. The van der Waals surface area contributed by atoms with E-state index in [0.29, 0.717) is 52.2 Å². The number of rotatable bonds is 16. The molecule has 3 N–H and O–H groups in total. The molecule has 2 atom stereocenters. The maximum atomic E-state index is 13.3. The Morgan fingerprint density at radius 3 is 2.38 bits per heavy atom. The van der Waals surface area contributed by atoms with Crippen molar-refractivity contribution < 1.29 is 28.7 Å². The highest BCUT2D eigenvalue weighted by molar-refractivity contribution is 7.15. The second kappa shape index (κ2) is 19.4. The Kier molecular flexibility index (Phi) is 13.4. The molecule has 5 heterocycles. The number of ether oxygens (including phenoxy) is 1. The number of hydrogen-bond acceptors (Lipinski definition) is 12. The smallest absolute Gasteiger partial charge is 0.257 e. The average molecular weight is 903 g/mol. The standard InChI is InChI=1S/C46H47ClN10O6S/c1-26-27(2)64-46-41(26)42(29-11-13-30(47)14-12-29)50-36(43-55-52-28(3)57(43)46)23-39(59)48-21-6-4-5-7-22-49-40(60)25-63-32-17-15-31(16-18-32)53-54-35-10-8-9-33-34(35)24-56(45(33)62)37-19-20-38(58)51-44(37)61/h8-18,36-37H,4-7,19-25H2,1-3H3,(H,48,59)(H,49,60)(H,51,58,61)/b54-53+/t36-,37?/m0/s1. The molecule has 3 aliphatic rings. The van der Waals surface area contributed by atoms with Gasteiger partial charge in [-0.2, -0.15) is 10.2 Å². The van der Waals surface area contributed by atoms with E-state index in [4.69, 9.17) is 21.3 Å². The topological polar surface area (TPSA) is 202 Å². The molecule has 1 unspecified atom stereocenters. The highest BCUT2D eigenvalue weighted by atomic mass is 35.5. The summed E-state index contributed by atoms with van der Waals surface area (Å²) in [4.78, 5) is 70.7. The first-order chi connectivity index (χ1) is 30.9. The van der Waals surface area contributed by atoms with E-state index in [2.05, 4.69) is 50.2 Å². The number of amides is 5. The minimum atomic E-state index is -0.715. The van der Waals surface area contributed by atoms with E-state index < -0.39 is 18.0 Å². The lowest BCUT2D eigenvalue weighted by molar-refractivity contribution is -0.137. The summed E-state index contributed by atoms with van der Waals surface area (Å²) in [7, 11) is 0. The number of aryl methyl sites for hydroxylation is 2. The van der Waals surface area contributed by atoms with E-state index in [1.54, 1.807) is 53.8 Å². The van der Waals surface area contributed by atoms with Crippen molar-refractivity contribution >= 4 is 69.6 Å². The number of benzene rings is 3. The lowest BCUT2D eigenvalue weighted by Gasteiger charge is -2.29. The van der Waals surface area contributed by atoms with Gasteiger partial charge in [0.2, 0.25) is 17.7 Å². The van der Waals surface area contributed by atoms with E-state index in [1.165, 1.54) is 9.78 Å². The van der Waals surface area contributed by atoms with Crippen LogP contribution in [-0.4, -0.2) is 80.7 Å². The predicted octanol–water partition coefficient (Wildman–Crippen LogP) is 7.24. The van der Waals surface area contributed by atoms with Crippen molar-refractivity contribution in [2.45, 2.75) is 84.3 Å². The van der Waals surface area contributed by atoms with Crippen LogP contribution in [0.4, 0.5) is 11.4 Å². The zero-order valence-corrected chi connectivity index (χ0v) is 37.2. The summed E-state index contributed by atoms with van der Waals surface area (Å²) in [6.07, 6.45) is 3.93. The number of fused-ring (bicyclic) bond motifs is 4. The molecule has 0 spiro atoms. The first-order valence-corrected chi connectivity index (χ1v) is 22.5. The molecule has 0 saturated carbocycles.